The van der Waals surface area contributed by atoms with Gasteiger partial charge < -0.3 is 5.32 Å². The normalized spacial score (nSPS) is 12.7. The molecule has 0 bridgehead atoms. The van der Waals surface area contributed by atoms with Crippen molar-refractivity contribution in [2.75, 3.05) is 11.9 Å². The summed E-state index contributed by atoms with van der Waals surface area (Å²) in [7, 11) is 0. The summed E-state index contributed by atoms with van der Waals surface area (Å²) in [6.07, 6.45) is 0. The van der Waals surface area contributed by atoms with Crippen LogP contribution in [0.3, 0.4) is 0 Å². The van der Waals surface area contributed by atoms with Crippen molar-refractivity contribution < 1.29 is 0 Å². The molecule has 0 spiro atoms. The van der Waals surface area contributed by atoms with Gasteiger partial charge >= 0.3 is 0 Å². The Morgan fingerprint density at radius 1 is 1.26 bits per heavy atom. The van der Waals surface area contributed by atoms with Gasteiger partial charge in [-0.1, -0.05) is 52.8 Å². The lowest BCUT2D eigenvalue weighted by Gasteiger charge is -2.23. The third-order valence-electron chi connectivity index (χ3n) is 2.74. The molecular formula is C15H26N4. The van der Waals surface area contributed by atoms with Gasteiger partial charge in [0.1, 0.15) is 0 Å². The van der Waals surface area contributed by atoms with Crippen LogP contribution in [0.5, 0.6) is 0 Å². The molecule has 1 aromatic rings. The summed E-state index contributed by atoms with van der Waals surface area (Å²) in [4.78, 5) is 4.43. The lowest BCUT2D eigenvalue weighted by molar-refractivity contribution is 0.592. The quantitative estimate of drug-likeness (QED) is 0.340. The van der Waals surface area contributed by atoms with Gasteiger partial charge in [0, 0.05) is 12.2 Å². The highest BCUT2D eigenvalue weighted by Gasteiger charge is 2.17. The fraction of sp³-hybridized carbons (Fsp3) is 0.533. The largest absolute Gasteiger partial charge is 0.325 e. The molecule has 0 aliphatic rings. The topological polar surface area (TPSA) is 62.4 Å². The average Bonchev–Trinajstić information content (AvgIpc) is 2.33. The number of nitrogens with zero attached hydrogens (tertiary/aromatic N) is 1. The molecule has 0 radical (unpaired) electrons. The molecule has 0 aliphatic heterocycles. The molecule has 106 valence electrons. The van der Waals surface area contributed by atoms with Crippen LogP contribution in [0, 0.1) is 5.92 Å². The van der Waals surface area contributed by atoms with Crippen molar-refractivity contribution in [2.45, 2.75) is 40.0 Å². The Morgan fingerprint density at radius 3 is 2.42 bits per heavy atom. The number of nitrogens with one attached hydrogen (secondary N) is 2. The van der Waals surface area contributed by atoms with Gasteiger partial charge in [0.2, 0.25) is 5.96 Å². The molecule has 0 amide bonds. The molecule has 0 atom stereocenters. The van der Waals surface area contributed by atoms with E-state index in [2.05, 4.69) is 56.4 Å². The van der Waals surface area contributed by atoms with Gasteiger partial charge in [-0.2, -0.15) is 0 Å². The standard InChI is InChI=1S/C15H26N4/c1-11(2)10-17-14(19-16)18-13-9-7-6-8-12(13)15(3,4)5/h6-9,11H,10,16H2,1-5H3,(H2,17,18,19). The Kier molecular flexibility index (Phi) is 5.36. The van der Waals surface area contributed by atoms with Gasteiger partial charge in [0.05, 0.1) is 0 Å². The first-order chi connectivity index (χ1) is 8.84. The van der Waals surface area contributed by atoms with Crippen LogP contribution in [-0.4, -0.2) is 12.5 Å². The lowest BCUT2D eigenvalue weighted by atomic mass is 9.86. The lowest BCUT2D eigenvalue weighted by Crippen LogP contribution is -2.37. The smallest absolute Gasteiger partial charge is 0.210 e. The Labute approximate surface area is 116 Å². The third-order valence-corrected chi connectivity index (χ3v) is 2.74. The molecule has 4 N–H and O–H groups in total. The Bertz CT molecular complexity index is 430. The second kappa shape index (κ2) is 6.57. The van der Waals surface area contributed by atoms with Gasteiger partial charge in [0.25, 0.3) is 0 Å². The third kappa shape index (κ3) is 4.91. The second-order valence-corrected chi connectivity index (χ2v) is 6.15. The minimum atomic E-state index is 0.0708. The van der Waals surface area contributed by atoms with E-state index in [1.165, 1.54) is 5.56 Å². The Hall–Kier alpha value is -1.55. The van der Waals surface area contributed by atoms with Crippen molar-refractivity contribution >= 4 is 11.6 Å². The predicted octanol–water partition coefficient (Wildman–Crippen LogP) is 2.87. The van der Waals surface area contributed by atoms with Crippen molar-refractivity contribution in [2.24, 2.45) is 16.8 Å². The molecule has 0 saturated heterocycles. The maximum atomic E-state index is 5.52. The Morgan fingerprint density at radius 2 is 1.89 bits per heavy atom. The zero-order chi connectivity index (χ0) is 14.5. The highest BCUT2D eigenvalue weighted by molar-refractivity contribution is 5.94. The average molecular weight is 262 g/mol. The number of anilines is 1. The number of hydrogen-bond donors (Lipinski definition) is 3. The minimum Gasteiger partial charge on any atom is -0.325 e. The highest BCUT2D eigenvalue weighted by Crippen LogP contribution is 2.29. The van der Waals surface area contributed by atoms with E-state index in [-0.39, 0.29) is 5.41 Å². The van der Waals surface area contributed by atoms with Crippen LogP contribution < -0.4 is 16.6 Å². The summed E-state index contributed by atoms with van der Waals surface area (Å²) < 4.78 is 0. The van der Waals surface area contributed by atoms with Gasteiger partial charge in [-0.3, -0.25) is 10.4 Å². The summed E-state index contributed by atoms with van der Waals surface area (Å²) in [6, 6.07) is 8.22. The maximum absolute atomic E-state index is 5.52. The number of guanidine groups is 1. The van der Waals surface area contributed by atoms with Gasteiger partial charge in [-0.05, 0) is 23.0 Å². The molecule has 1 aromatic carbocycles. The first-order valence-corrected chi connectivity index (χ1v) is 6.72. The number of benzene rings is 1. The van der Waals surface area contributed by atoms with Gasteiger partial charge in [-0.25, -0.2) is 5.84 Å². The van der Waals surface area contributed by atoms with E-state index in [9.17, 15) is 0 Å². The number of rotatable bonds is 3. The molecule has 0 aromatic heterocycles. The van der Waals surface area contributed by atoms with E-state index in [1.54, 1.807) is 0 Å². The van der Waals surface area contributed by atoms with E-state index >= 15 is 0 Å². The Balaban J connectivity index is 2.95. The van der Waals surface area contributed by atoms with E-state index in [0.29, 0.717) is 11.9 Å². The monoisotopic (exact) mass is 262 g/mol. The van der Waals surface area contributed by atoms with E-state index in [1.807, 2.05) is 18.2 Å². The molecule has 4 nitrogen and oxygen atoms in total. The SMILES string of the molecule is CC(C)CN=C(NN)Nc1ccccc1C(C)(C)C. The van der Waals surface area contributed by atoms with Gasteiger partial charge in [-0.15, -0.1) is 0 Å². The van der Waals surface area contributed by atoms with Crippen LogP contribution in [0.4, 0.5) is 5.69 Å². The van der Waals surface area contributed by atoms with Crippen LogP contribution in [0.1, 0.15) is 40.2 Å². The van der Waals surface area contributed by atoms with Crippen molar-refractivity contribution in [1.82, 2.24) is 5.43 Å². The maximum Gasteiger partial charge on any atom is 0.210 e. The minimum absolute atomic E-state index is 0.0708. The van der Waals surface area contributed by atoms with Crippen molar-refractivity contribution in [3.63, 3.8) is 0 Å². The van der Waals surface area contributed by atoms with Crippen molar-refractivity contribution in [3.8, 4) is 0 Å². The van der Waals surface area contributed by atoms with E-state index in [4.69, 9.17) is 5.84 Å². The zero-order valence-electron chi connectivity index (χ0n) is 12.6. The second-order valence-electron chi connectivity index (χ2n) is 6.15. The summed E-state index contributed by atoms with van der Waals surface area (Å²) in [6.45, 7) is 11.6. The molecule has 0 fully saturated rings. The number of nitrogens with two attached hydrogens (primary N) is 1. The van der Waals surface area contributed by atoms with Crippen molar-refractivity contribution in [3.05, 3.63) is 29.8 Å². The van der Waals surface area contributed by atoms with Gasteiger partial charge in [0.15, 0.2) is 0 Å². The molecule has 0 unspecified atom stereocenters. The summed E-state index contributed by atoms with van der Waals surface area (Å²) in [5, 5.41) is 3.27. The highest BCUT2D eigenvalue weighted by atomic mass is 15.3. The van der Waals surface area contributed by atoms with Crippen LogP contribution in [0.15, 0.2) is 29.3 Å². The predicted molar refractivity (Wildman–Crippen MR) is 83.2 cm³/mol. The molecule has 0 heterocycles. The van der Waals surface area contributed by atoms with E-state index in [0.717, 1.165) is 12.2 Å². The molecular weight excluding hydrogens is 236 g/mol. The fourth-order valence-corrected chi connectivity index (χ4v) is 1.77. The summed E-state index contributed by atoms with van der Waals surface area (Å²) in [5.41, 5.74) is 4.97. The number of hydrazine groups is 1. The zero-order valence-corrected chi connectivity index (χ0v) is 12.6. The number of para-hydroxylation sites is 1. The van der Waals surface area contributed by atoms with E-state index < -0.39 is 0 Å². The van der Waals surface area contributed by atoms with Crippen molar-refractivity contribution in [1.29, 1.82) is 0 Å². The summed E-state index contributed by atoms with van der Waals surface area (Å²) >= 11 is 0. The van der Waals surface area contributed by atoms with Crippen LogP contribution in [0.25, 0.3) is 0 Å². The first-order valence-electron chi connectivity index (χ1n) is 6.72. The molecule has 19 heavy (non-hydrogen) atoms. The molecule has 0 aliphatic carbocycles. The molecule has 4 heteroatoms. The van der Waals surface area contributed by atoms with Crippen LogP contribution in [-0.2, 0) is 5.41 Å². The first kappa shape index (κ1) is 15.5. The summed E-state index contributed by atoms with van der Waals surface area (Å²) in [5.74, 6) is 6.63. The number of aliphatic imine (C=N–C) groups is 1. The molecule has 0 saturated carbocycles. The number of hydrogen-bond acceptors (Lipinski definition) is 2. The van der Waals surface area contributed by atoms with Crippen LogP contribution >= 0.6 is 0 Å². The molecule has 1 rings (SSSR count). The fourth-order valence-electron chi connectivity index (χ4n) is 1.77. The van der Waals surface area contributed by atoms with Crippen LogP contribution in [0.2, 0.25) is 0 Å².